The van der Waals surface area contributed by atoms with E-state index in [9.17, 15) is 9.90 Å². The highest BCUT2D eigenvalue weighted by molar-refractivity contribution is 6.31. The number of hydrogen-bond donors (Lipinski definition) is 1. The van der Waals surface area contributed by atoms with E-state index in [4.69, 9.17) is 11.6 Å². The molecule has 4 heteroatoms. The molecule has 34 heavy (non-hydrogen) atoms. The van der Waals surface area contributed by atoms with Gasteiger partial charge in [-0.25, -0.2) is 4.79 Å². The summed E-state index contributed by atoms with van der Waals surface area (Å²) in [4.78, 5) is 11.9. The number of carboxylic acid groups (broad SMARTS) is 1. The van der Waals surface area contributed by atoms with Crippen molar-refractivity contribution in [2.75, 3.05) is 0 Å². The summed E-state index contributed by atoms with van der Waals surface area (Å²) < 4.78 is 2.30. The fraction of sp³-hybridized carbons (Fsp3) is 0.100. The number of nitrogens with zero attached hydrogens (tertiary/aromatic N) is 1. The third kappa shape index (κ3) is 4.61. The first kappa shape index (κ1) is 22.0. The zero-order chi connectivity index (χ0) is 23.5. The Bertz CT molecular complexity index is 1460. The summed E-state index contributed by atoms with van der Waals surface area (Å²) in [6.07, 6.45) is 3.57. The molecule has 0 spiro atoms. The van der Waals surface area contributed by atoms with Crippen molar-refractivity contribution in [2.24, 2.45) is 0 Å². The highest BCUT2D eigenvalue weighted by Gasteiger charge is 2.17. The SMILES string of the molecule is O=C(O)c1cc(Cl)ccc1Cc1cccc2c1c(Cc1ccccc1)cn2Cc1ccccc1. The Morgan fingerprint density at radius 2 is 1.44 bits per heavy atom. The molecule has 5 aromatic rings. The second kappa shape index (κ2) is 9.58. The van der Waals surface area contributed by atoms with E-state index in [-0.39, 0.29) is 5.56 Å². The lowest BCUT2D eigenvalue weighted by atomic mass is 9.94. The smallest absolute Gasteiger partial charge is 0.336 e. The normalized spacial score (nSPS) is 11.1. The first-order chi connectivity index (χ1) is 16.6. The first-order valence-corrected chi connectivity index (χ1v) is 11.7. The molecule has 0 saturated heterocycles. The Kier molecular flexibility index (Phi) is 6.20. The summed E-state index contributed by atoms with van der Waals surface area (Å²) in [6, 6.07) is 32.3. The van der Waals surface area contributed by atoms with Crippen LogP contribution in [0.25, 0.3) is 10.9 Å². The highest BCUT2D eigenvalue weighted by atomic mass is 35.5. The van der Waals surface area contributed by atoms with Crippen molar-refractivity contribution in [3.63, 3.8) is 0 Å². The summed E-state index contributed by atoms with van der Waals surface area (Å²) in [5.74, 6) is -0.962. The topological polar surface area (TPSA) is 42.2 Å². The molecule has 0 unspecified atom stereocenters. The molecule has 0 aliphatic heterocycles. The van der Waals surface area contributed by atoms with Crippen LogP contribution in [0.2, 0.25) is 5.02 Å². The number of rotatable bonds is 7. The van der Waals surface area contributed by atoms with Crippen LogP contribution < -0.4 is 0 Å². The van der Waals surface area contributed by atoms with Gasteiger partial charge in [0.25, 0.3) is 0 Å². The minimum atomic E-state index is -0.962. The van der Waals surface area contributed by atoms with Gasteiger partial charge >= 0.3 is 5.97 Å². The van der Waals surface area contributed by atoms with Gasteiger partial charge in [-0.3, -0.25) is 0 Å². The lowest BCUT2D eigenvalue weighted by molar-refractivity contribution is 0.0696. The second-order valence-corrected chi connectivity index (χ2v) is 8.96. The molecule has 0 bridgehead atoms. The second-order valence-electron chi connectivity index (χ2n) is 8.52. The number of halogens is 1. The van der Waals surface area contributed by atoms with Crippen LogP contribution in [-0.2, 0) is 19.4 Å². The number of aromatic nitrogens is 1. The Labute approximate surface area is 203 Å². The Morgan fingerprint density at radius 1 is 0.735 bits per heavy atom. The van der Waals surface area contributed by atoms with Gasteiger partial charge in [0, 0.05) is 28.7 Å². The van der Waals surface area contributed by atoms with E-state index in [1.54, 1.807) is 6.07 Å². The molecule has 0 radical (unpaired) electrons. The van der Waals surface area contributed by atoms with Crippen LogP contribution >= 0.6 is 11.6 Å². The molecule has 168 valence electrons. The maximum atomic E-state index is 11.9. The molecule has 0 atom stereocenters. The summed E-state index contributed by atoms with van der Waals surface area (Å²) in [7, 11) is 0. The lowest BCUT2D eigenvalue weighted by Crippen LogP contribution is -2.04. The molecule has 0 amide bonds. The molecule has 1 aromatic heterocycles. The summed E-state index contributed by atoms with van der Waals surface area (Å²) >= 11 is 6.09. The molecule has 0 saturated carbocycles. The molecule has 3 nitrogen and oxygen atoms in total. The number of hydrogen-bond acceptors (Lipinski definition) is 1. The van der Waals surface area contributed by atoms with Gasteiger partial charge in [-0.2, -0.15) is 0 Å². The summed E-state index contributed by atoms with van der Waals surface area (Å²) in [5.41, 5.74) is 6.98. The molecule has 4 aromatic carbocycles. The maximum absolute atomic E-state index is 11.9. The Morgan fingerprint density at radius 3 is 2.15 bits per heavy atom. The van der Waals surface area contributed by atoms with Gasteiger partial charge in [-0.1, -0.05) is 90.5 Å². The van der Waals surface area contributed by atoms with Crippen molar-refractivity contribution in [3.8, 4) is 0 Å². The fourth-order valence-corrected chi connectivity index (χ4v) is 4.81. The van der Waals surface area contributed by atoms with Gasteiger partial charge in [0.2, 0.25) is 0 Å². The van der Waals surface area contributed by atoms with E-state index in [0.717, 1.165) is 29.6 Å². The van der Waals surface area contributed by atoms with Crippen LogP contribution in [0.5, 0.6) is 0 Å². The molecule has 0 aliphatic rings. The van der Waals surface area contributed by atoms with E-state index >= 15 is 0 Å². The minimum Gasteiger partial charge on any atom is -0.478 e. The minimum absolute atomic E-state index is 0.248. The quantitative estimate of drug-likeness (QED) is 0.275. The monoisotopic (exact) mass is 465 g/mol. The van der Waals surface area contributed by atoms with E-state index in [1.165, 1.54) is 28.1 Å². The molecule has 1 N–H and O–H groups in total. The Hall–Kier alpha value is -3.82. The molecule has 1 heterocycles. The van der Waals surface area contributed by atoms with Crippen LogP contribution in [-0.4, -0.2) is 15.6 Å². The number of benzene rings is 4. The molecule has 5 rings (SSSR count). The number of fused-ring (bicyclic) bond motifs is 1. The number of carboxylic acids is 1. The molecular formula is C30H24ClNO2. The van der Waals surface area contributed by atoms with E-state index in [2.05, 4.69) is 77.5 Å². The number of carbonyl (C=O) groups is 1. The third-order valence-electron chi connectivity index (χ3n) is 6.19. The average molecular weight is 466 g/mol. The Balaban J connectivity index is 1.63. The summed E-state index contributed by atoms with van der Waals surface area (Å²) in [6.45, 7) is 0.775. The van der Waals surface area contributed by atoms with E-state index in [0.29, 0.717) is 11.4 Å². The molecule has 0 aliphatic carbocycles. The van der Waals surface area contributed by atoms with Gasteiger partial charge < -0.3 is 9.67 Å². The van der Waals surface area contributed by atoms with Crippen molar-refractivity contribution in [1.29, 1.82) is 0 Å². The van der Waals surface area contributed by atoms with Crippen LogP contribution in [0.4, 0.5) is 0 Å². The molecule has 0 fully saturated rings. The van der Waals surface area contributed by atoms with Crippen molar-refractivity contribution in [1.82, 2.24) is 4.57 Å². The van der Waals surface area contributed by atoms with E-state index < -0.39 is 5.97 Å². The van der Waals surface area contributed by atoms with Crippen LogP contribution in [0.15, 0.2) is 103 Å². The van der Waals surface area contributed by atoms with Crippen molar-refractivity contribution in [3.05, 3.63) is 142 Å². The van der Waals surface area contributed by atoms with Crippen LogP contribution in [0, 0.1) is 0 Å². The van der Waals surface area contributed by atoms with E-state index in [1.807, 2.05) is 18.2 Å². The maximum Gasteiger partial charge on any atom is 0.336 e. The average Bonchev–Trinajstić information content (AvgIpc) is 3.19. The predicted molar refractivity (Wildman–Crippen MR) is 138 cm³/mol. The number of aromatic carboxylic acids is 1. The van der Waals surface area contributed by atoms with Crippen molar-refractivity contribution in [2.45, 2.75) is 19.4 Å². The summed E-state index contributed by atoms with van der Waals surface area (Å²) in [5, 5.41) is 11.4. The largest absolute Gasteiger partial charge is 0.478 e. The predicted octanol–water partition coefficient (Wildman–Crippen LogP) is 7.22. The van der Waals surface area contributed by atoms with Gasteiger partial charge in [-0.15, -0.1) is 0 Å². The standard InChI is InChI=1S/C30H24ClNO2/c31-26-15-14-23(27(18-26)30(33)34)17-24-12-7-13-28-29(24)25(16-21-8-3-1-4-9-21)20-32(28)19-22-10-5-2-6-11-22/h1-15,18,20H,16-17,19H2,(H,33,34). The van der Waals surface area contributed by atoms with Gasteiger partial charge in [-0.05, 0) is 58.9 Å². The fourth-order valence-electron chi connectivity index (χ4n) is 4.63. The third-order valence-corrected chi connectivity index (χ3v) is 6.42. The van der Waals surface area contributed by atoms with Crippen molar-refractivity contribution >= 4 is 28.5 Å². The van der Waals surface area contributed by atoms with Gasteiger partial charge in [0.1, 0.15) is 0 Å². The zero-order valence-corrected chi connectivity index (χ0v) is 19.4. The van der Waals surface area contributed by atoms with Crippen molar-refractivity contribution < 1.29 is 9.90 Å². The zero-order valence-electron chi connectivity index (χ0n) is 18.6. The van der Waals surface area contributed by atoms with Crippen LogP contribution in [0.3, 0.4) is 0 Å². The van der Waals surface area contributed by atoms with Crippen LogP contribution in [0.1, 0.15) is 38.2 Å². The first-order valence-electron chi connectivity index (χ1n) is 11.3. The molecular weight excluding hydrogens is 442 g/mol. The van der Waals surface area contributed by atoms with Gasteiger partial charge in [0.15, 0.2) is 0 Å². The lowest BCUT2D eigenvalue weighted by Gasteiger charge is -2.11. The highest BCUT2D eigenvalue weighted by Crippen LogP contribution is 2.31. The van der Waals surface area contributed by atoms with Gasteiger partial charge in [0.05, 0.1) is 5.56 Å².